The van der Waals surface area contributed by atoms with Crippen LogP contribution in [0.1, 0.15) is 75.3 Å². The molecule has 2 saturated heterocycles. The molecular weight excluding hydrogens is 1190 g/mol. The summed E-state index contributed by atoms with van der Waals surface area (Å²) in [5.41, 5.74) is 12.4. The number of guanidine groups is 1. The number of carbonyl (C=O) groups is 11. The van der Waals surface area contributed by atoms with Crippen molar-refractivity contribution < 1.29 is 73.2 Å². The van der Waals surface area contributed by atoms with E-state index in [-0.39, 0.29) is 166 Å². The zero-order valence-corrected chi connectivity index (χ0v) is 52.3. The fourth-order valence-corrected chi connectivity index (χ4v) is 10.6. The molecule has 0 aromatic heterocycles. The molecule has 3 aromatic carbocycles. The van der Waals surface area contributed by atoms with Crippen molar-refractivity contribution in [2.75, 3.05) is 118 Å². The van der Waals surface area contributed by atoms with Gasteiger partial charge in [0.15, 0.2) is 5.96 Å². The normalized spacial score (nSPS) is 19.1. The Balaban J connectivity index is 1.11. The summed E-state index contributed by atoms with van der Waals surface area (Å²) in [6.07, 6.45) is 2.57. The number of likely N-dealkylation sites (N-methyl/N-ethyl adjacent to an activating group) is 1. The Morgan fingerprint density at radius 2 is 1.02 bits per heavy atom. The van der Waals surface area contributed by atoms with Gasteiger partial charge >= 0.3 is 17.9 Å². The number of phenolic OH excluding ortho intramolecular Hbond substituents is 1. The number of nitrogens with zero attached hydrogens (tertiary/aromatic N) is 6. The summed E-state index contributed by atoms with van der Waals surface area (Å²) in [7, 11) is 1.39. The second-order valence-corrected chi connectivity index (χ2v) is 23.0. The number of nitrogens with one attached hydrogen (secondary N) is 7. The van der Waals surface area contributed by atoms with Gasteiger partial charge in [0, 0.05) is 111 Å². The molecule has 0 bridgehead atoms. The molecule has 0 radical (unpaired) electrons. The van der Waals surface area contributed by atoms with Gasteiger partial charge in [0.25, 0.3) is 0 Å². The number of aromatic hydroxyl groups is 1. The zero-order valence-electron chi connectivity index (χ0n) is 52.3. The summed E-state index contributed by atoms with van der Waals surface area (Å²) >= 11 is 0. The van der Waals surface area contributed by atoms with Gasteiger partial charge in [0.05, 0.1) is 32.7 Å². The standard InChI is InChI=1S/C62H91N15O15/c1-73-50(13-9-24-66-52(80)15-4-6-22-65-51(79)14-5-7-23-67-54(82)38-74-26-28-75(39-55(83)84)30-32-77(41-57(87)88)33-31-76(29-27-74)40-56(85)86)60(91)71-47(12-8-25-68-62(63)64)59(90)72-48(36-43-16-19-44-10-2-3-11-45(44)34-43)58(89)69-37-53(81)70-49(61(73)92)35-42-17-20-46(78)21-18-42/h2-3,10-11,16-21,34,47-50,78H,4-9,12-15,22-33,35-41H2,1H3,(H,65,79)(H,66,80)(H,67,82)(H,69,89)(H,70,81)(H,71,91)(H,72,90)(H,83,84)(H,85,86)(H,87,88)(H4,63,64,68). The number of phenols is 1. The van der Waals surface area contributed by atoms with Gasteiger partial charge in [-0.2, -0.15) is 0 Å². The first-order valence-corrected chi connectivity index (χ1v) is 31.1. The Morgan fingerprint density at radius 3 is 1.57 bits per heavy atom. The van der Waals surface area contributed by atoms with E-state index in [4.69, 9.17) is 11.5 Å². The molecule has 5 rings (SSSR count). The van der Waals surface area contributed by atoms with Crippen molar-refractivity contribution in [2.24, 2.45) is 16.5 Å². The number of unbranched alkanes of at least 4 members (excludes halogenated alkanes) is 2. The fourth-order valence-electron chi connectivity index (χ4n) is 10.6. The Labute approximate surface area is 534 Å². The van der Waals surface area contributed by atoms with E-state index in [1.54, 1.807) is 26.8 Å². The van der Waals surface area contributed by atoms with Gasteiger partial charge < -0.3 is 74.0 Å². The topological polar surface area (TPSA) is 434 Å². The van der Waals surface area contributed by atoms with Crippen molar-refractivity contribution in [3.05, 3.63) is 77.9 Å². The molecule has 2 aliphatic heterocycles. The molecule has 3 aromatic rings. The molecule has 92 heavy (non-hydrogen) atoms. The number of carbonyl (C=O) groups excluding carboxylic acids is 8. The predicted octanol–water partition coefficient (Wildman–Crippen LogP) is -2.26. The average molecular weight is 1290 g/mol. The van der Waals surface area contributed by atoms with E-state index in [1.807, 2.05) is 47.4 Å². The van der Waals surface area contributed by atoms with Crippen molar-refractivity contribution in [3.63, 3.8) is 0 Å². The van der Waals surface area contributed by atoms with Crippen LogP contribution in [0.5, 0.6) is 5.75 Å². The highest BCUT2D eigenvalue weighted by Gasteiger charge is 2.36. The van der Waals surface area contributed by atoms with E-state index in [9.17, 15) is 73.2 Å². The van der Waals surface area contributed by atoms with E-state index in [0.29, 0.717) is 56.4 Å². The number of rotatable bonds is 30. The second-order valence-electron chi connectivity index (χ2n) is 23.0. The van der Waals surface area contributed by atoms with Crippen molar-refractivity contribution in [1.82, 2.24) is 61.7 Å². The number of fused-ring (bicyclic) bond motifs is 1. The number of carboxylic acids is 3. The third-order valence-electron chi connectivity index (χ3n) is 15.7. The number of amides is 8. The van der Waals surface area contributed by atoms with Crippen LogP contribution in [0.15, 0.2) is 71.7 Å². The summed E-state index contributed by atoms with van der Waals surface area (Å²) in [6.45, 7) is 1.48. The number of hydrogen-bond acceptors (Lipinski definition) is 17. The second kappa shape index (κ2) is 39.3. The molecular formula is C62H91N15O15. The monoisotopic (exact) mass is 1290 g/mol. The summed E-state index contributed by atoms with van der Waals surface area (Å²) in [5, 5.41) is 59.7. The highest BCUT2D eigenvalue weighted by molar-refractivity contribution is 5.97. The van der Waals surface area contributed by atoms with Gasteiger partial charge in [-0.05, 0) is 85.4 Å². The first-order chi connectivity index (χ1) is 44.0. The van der Waals surface area contributed by atoms with Crippen LogP contribution in [0.2, 0.25) is 0 Å². The maximum Gasteiger partial charge on any atom is 0.317 e. The lowest BCUT2D eigenvalue weighted by atomic mass is 10.00. The van der Waals surface area contributed by atoms with Crippen molar-refractivity contribution in [2.45, 2.75) is 101 Å². The number of aliphatic imine (C=N–C) groups is 1. The van der Waals surface area contributed by atoms with Crippen LogP contribution >= 0.6 is 0 Å². The first kappa shape index (κ1) is 73.7. The summed E-state index contributed by atoms with van der Waals surface area (Å²) < 4.78 is 0. The van der Waals surface area contributed by atoms with Crippen LogP contribution in [0.4, 0.5) is 0 Å². The van der Waals surface area contributed by atoms with Gasteiger partial charge in [0.1, 0.15) is 29.9 Å². The lowest BCUT2D eigenvalue weighted by Gasteiger charge is -2.32. The average Bonchev–Trinajstić information content (AvgIpc) is 1.39. The minimum absolute atomic E-state index is 0.00854. The number of hydrogen-bond donors (Lipinski definition) is 13. The lowest BCUT2D eigenvalue weighted by Crippen LogP contribution is -2.58. The van der Waals surface area contributed by atoms with Crippen LogP contribution in [-0.2, 0) is 65.6 Å². The number of carboxylic acid groups (broad SMARTS) is 3. The maximum absolute atomic E-state index is 14.6. The van der Waals surface area contributed by atoms with E-state index >= 15 is 0 Å². The maximum atomic E-state index is 14.6. The highest BCUT2D eigenvalue weighted by Crippen LogP contribution is 2.19. The van der Waals surface area contributed by atoms with Crippen LogP contribution in [0.25, 0.3) is 10.8 Å². The Morgan fingerprint density at radius 1 is 0.533 bits per heavy atom. The molecule has 8 amide bonds. The summed E-state index contributed by atoms with van der Waals surface area (Å²) in [6, 6.07) is 14.2. The largest absolute Gasteiger partial charge is 0.508 e. The lowest BCUT2D eigenvalue weighted by molar-refractivity contribution is -0.142. The van der Waals surface area contributed by atoms with Crippen LogP contribution in [0, 0.1) is 0 Å². The minimum Gasteiger partial charge on any atom is -0.508 e. The summed E-state index contributed by atoms with van der Waals surface area (Å²) in [5.74, 6) is -7.70. The van der Waals surface area contributed by atoms with Gasteiger partial charge in [-0.15, -0.1) is 0 Å². The van der Waals surface area contributed by atoms with Crippen molar-refractivity contribution in [1.29, 1.82) is 0 Å². The SMILES string of the molecule is CN1C(=O)C(Cc2ccc(O)cc2)NC(=O)CNC(=O)C(Cc2ccc3ccccc3c2)NC(=O)C(CCCN=C(N)N)NC(=O)C1CCCNC(=O)CCCCNC(=O)CCCCNC(=O)CN1CCN(CC(=O)O)CCN(CC(=O)O)CCN(CC(=O)O)CC1. The molecule has 4 unspecified atom stereocenters. The van der Waals surface area contributed by atoms with Gasteiger partial charge in [-0.25, -0.2) is 0 Å². The Hall–Kier alpha value is -9.00. The molecule has 30 heteroatoms. The minimum atomic E-state index is -1.27. The molecule has 0 saturated carbocycles. The predicted molar refractivity (Wildman–Crippen MR) is 339 cm³/mol. The molecule has 15 N–H and O–H groups in total. The van der Waals surface area contributed by atoms with E-state index in [0.717, 1.165) is 10.8 Å². The highest BCUT2D eigenvalue weighted by atomic mass is 16.4. The molecule has 4 atom stereocenters. The summed E-state index contributed by atoms with van der Waals surface area (Å²) in [4.78, 5) is 157. The molecule has 2 aliphatic rings. The Kier molecular flexibility index (Phi) is 31.5. The smallest absolute Gasteiger partial charge is 0.317 e. The van der Waals surface area contributed by atoms with Crippen LogP contribution < -0.4 is 48.7 Å². The number of benzene rings is 3. The van der Waals surface area contributed by atoms with E-state index < -0.39 is 78.2 Å². The molecule has 0 aliphatic carbocycles. The van der Waals surface area contributed by atoms with Gasteiger partial charge in [-0.3, -0.25) is 77.3 Å². The molecule has 504 valence electrons. The Bertz CT molecular complexity index is 2970. The third-order valence-corrected chi connectivity index (χ3v) is 15.7. The van der Waals surface area contributed by atoms with E-state index in [2.05, 4.69) is 42.2 Å². The molecule has 2 heterocycles. The zero-order chi connectivity index (χ0) is 67.0. The fraction of sp³-hybridized carbons (Fsp3) is 0.548. The van der Waals surface area contributed by atoms with Crippen LogP contribution in [0.3, 0.4) is 0 Å². The number of nitrogens with two attached hydrogens (primary N) is 2. The molecule has 0 spiro atoms. The molecule has 30 nitrogen and oxygen atoms in total. The van der Waals surface area contributed by atoms with Gasteiger partial charge in [-0.1, -0.05) is 54.6 Å². The molecule has 2 fully saturated rings. The number of aliphatic carboxylic acids is 3. The van der Waals surface area contributed by atoms with Crippen LogP contribution in [-0.4, -0.2) is 259 Å². The first-order valence-electron chi connectivity index (χ1n) is 31.1. The van der Waals surface area contributed by atoms with Crippen molar-refractivity contribution >= 4 is 81.9 Å². The third kappa shape index (κ3) is 28.0. The van der Waals surface area contributed by atoms with Crippen molar-refractivity contribution in [3.8, 4) is 5.75 Å². The quantitative estimate of drug-likeness (QED) is 0.0190. The van der Waals surface area contributed by atoms with Gasteiger partial charge in [0.2, 0.25) is 47.3 Å². The van der Waals surface area contributed by atoms with E-state index in [1.165, 1.54) is 24.1 Å².